The van der Waals surface area contributed by atoms with Gasteiger partial charge in [0.05, 0.1) is 18.7 Å². The quantitative estimate of drug-likeness (QED) is 0.839. The molecule has 0 atom stereocenters. The second kappa shape index (κ2) is 6.09. The molecule has 0 radical (unpaired) electrons. The Morgan fingerprint density at radius 1 is 1.59 bits per heavy atom. The number of nitrogens with zero attached hydrogens (tertiary/aromatic N) is 2. The maximum Gasteiger partial charge on any atom is 0.228 e. The summed E-state index contributed by atoms with van der Waals surface area (Å²) in [4.78, 5) is 18.2. The molecule has 1 aliphatic heterocycles. The summed E-state index contributed by atoms with van der Waals surface area (Å²) in [7, 11) is 1.65. The summed E-state index contributed by atoms with van der Waals surface area (Å²) in [5.74, 6) is 0.167. The lowest BCUT2D eigenvalue weighted by Gasteiger charge is -2.27. The van der Waals surface area contributed by atoms with Crippen LogP contribution in [-0.2, 0) is 22.6 Å². The van der Waals surface area contributed by atoms with Crippen molar-refractivity contribution in [2.75, 3.05) is 33.3 Å². The van der Waals surface area contributed by atoms with Crippen LogP contribution in [-0.4, -0.2) is 49.1 Å². The molecule has 0 spiro atoms. The fraction of sp³-hybridized carbons (Fsp3) is 0.636. The first-order valence-corrected chi connectivity index (χ1v) is 6.58. The summed E-state index contributed by atoms with van der Waals surface area (Å²) < 4.78 is 5.01. The van der Waals surface area contributed by atoms with Crippen LogP contribution >= 0.6 is 11.3 Å². The molecule has 1 saturated heterocycles. The number of hydrogen-bond donors (Lipinski definition) is 1. The Hall–Kier alpha value is -0.980. The molecule has 2 rings (SSSR count). The Labute approximate surface area is 105 Å². The van der Waals surface area contributed by atoms with Crippen LogP contribution in [0.1, 0.15) is 10.7 Å². The normalized spacial score (nSPS) is 16.2. The van der Waals surface area contributed by atoms with Crippen LogP contribution in [0.25, 0.3) is 0 Å². The fourth-order valence-corrected chi connectivity index (χ4v) is 2.56. The van der Waals surface area contributed by atoms with Gasteiger partial charge >= 0.3 is 0 Å². The number of ether oxygens (including phenoxy) is 1. The summed E-state index contributed by atoms with van der Waals surface area (Å²) in [5.41, 5.74) is 0.852. The number of piperazine rings is 1. The van der Waals surface area contributed by atoms with E-state index in [9.17, 15) is 4.79 Å². The Kier molecular flexibility index (Phi) is 4.47. The zero-order valence-electron chi connectivity index (χ0n) is 9.94. The van der Waals surface area contributed by atoms with E-state index in [1.807, 2.05) is 10.3 Å². The van der Waals surface area contributed by atoms with E-state index in [-0.39, 0.29) is 5.91 Å². The van der Waals surface area contributed by atoms with E-state index in [1.165, 1.54) is 0 Å². The lowest BCUT2D eigenvalue weighted by atomic mass is 10.2. The fourth-order valence-electron chi connectivity index (χ4n) is 1.80. The number of carbonyl (C=O) groups excluding carboxylic acids is 1. The number of carbonyl (C=O) groups is 1. The lowest BCUT2D eigenvalue weighted by Crippen LogP contribution is -2.46. The summed E-state index contributed by atoms with van der Waals surface area (Å²) >= 11 is 1.54. The van der Waals surface area contributed by atoms with E-state index in [0.717, 1.165) is 36.9 Å². The van der Waals surface area contributed by atoms with E-state index >= 15 is 0 Å². The topological polar surface area (TPSA) is 54.5 Å². The van der Waals surface area contributed by atoms with E-state index in [1.54, 1.807) is 18.4 Å². The van der Waals surface area contributed by atoms with Gasteiger partial charge in [0.25, 0.3) is 0 Å². The number of thiazole rings is 1. The maximum atomic E-state index is 12.0. The summed E-state index contributed by atoms with van der Waals surface area (Å²) in [5, 5.41) is 6.10. The van der Waals surface area contributed by atoms with Gasteiger partial charge in [0.2, 0.25) is 5.91 Å². The van der Waals surface area contributed by atoms with Crippen molar-refractivity contribution >= 4 is 17.2 Å². The van der Waals surface area contributed by atoms with Gasteiger partial charge in [-0.15, -0.1) is 11.3 Å². The van der Waals surface area contributed by atoms with Gasteiger partial charge < -0.3 is 15.0 Å². The van der Waals surface area contributed by atoms with Crippen molar-refractivity contribution in [2.45, 2.75) is 13.0 Å². The smallest absolute Gasteiger partial charge is 0.228 e. The van der Waals surface area contributed by atoms with Crippen molar-refractivity contribution in [3.05, 3.63) is 16.1 Å². The molecule has 0 aromatic carbocycles. The number of nitrogens with one attached hydrogen (secondary N) is 1. The third-order valence-corrected chi connectivity index (χ3v) is 3.54. The number of hydrogen-bond acceptors (Lipinski definition) is 5. The molecule has 0 saturated carbocycles. The van der Waals surface area contributed by atoms with Gasteiger partial charge in [-0.1, -0.05) is 0 Å². The van der Waals surface area contributed by atoms with Crippen LogP contribution < -0.4 is 5.32 Å². The first kappa shape index (κ1) is 12.5. The molecular formula is C11H17N3O2S. The summed E-state index contributed by atoms with van der Waals surface area (Å²) in [6.45, 7) is 3.89. The van der Waals surface area contributed by atoms with Crippen LogP contribution in [0.2, 0.25) is 0 Å². The van der Waals surface area contributed by atoms with Gasteiger partial charge in [-0.25, -0.2) is 4.98 Å². The minimum atomic E-state index is 0.167. The second-order valence-corrected chi connectivity index (χ2v) is 4.92. The molecule has 6 heteroatoms. The van der Waals surface area contributed by atoms with Crippen LogP contribution in [0.4, 0.5) is 0 Å². The number of rotatable bonds is 4. The third-order valence-electron chi connectivity index (χ3n) is 2.67. The van der Waals surface area contributed by atoms with Crippen molar-refractivity contribution in [1.29, 1.82) is 0 Å². The highest BCUT2D eigenvalue weighted by molar-refractivity contribution is 7.09. The van der Waals surface area contributed by atoms with Gasteiger partial charge in [0.15, 0.2) is 0 Å². The number of methoxy groups -OCH3 is 1. The van der Waals surface area contributed by atoms with Crippen molar-refractivity contribution in [1.82, 2.24) is 15.2 Å². The average Bonchev–Trinajstić information content (AvgIpc) is 2.78. The van der Waals surface area contributed by atoms with E-state index in [4.69, 9.17) is 4.74 Å². The lowest BCUT2D eigenvalue weighted by molar-refractivity contribution is -0.131. The van der Waals surface area contributed by atoms with Crippen molar-refractivity contribution in [2.24, 2.45) is 0 Å². The standard InChI is InChI=1S/C11H17N3O2S/c1-16-7-10-13-9(8-17-10)6-11(15)14-4-2-12-3-5-14/h8,12H,2-7H2,1H3. The van der Waals surface area contributed by atoms with Crippen LogP contribution in [0, 0.1) is 0 Å². The summed E-state index contributed by atoms with van der Waals surface area (Å²) in [6, 6.07) is 0. The predicted molar refractivity (Wildman–Crippen MR) is 66.0 cm³/mol. The molecule has 1 aliphatic rings. The van der Waals surface area contributed by atoms with Gasteiger partial charge in [-0.2, -0.15) is 0 Å². The zero-order valence-corrected chi connectivity index (χ0v) is 10.8. The highest BCUT2D eigenvalue weighted by Gasteiger charge is 2.17. The molecular weight excluding hydrogens is 238 g/mol. The largest absolute Gasteiger partial charge is 0.378 e. The Morgan fingerprint density at radius 2 is 2.35 bits per heavy atom. The highest BCUT2D eigenvalue weighted by atomic mass is 32.1. The molecule has 1 aromatic heterocycles. The van der Waals surface area contributed by atoms with Gasteiger partial charge in [0, 0.05) is 38.7 Å². The molecule has 17 heavy (non-hydrogen) atoms. The van der Waals surface area contributed by atoms with Crippen molar-refractivity contribution in [3.63, 3.8) is 0 Å². The molecule has 1 fully saturated rings. The van der Waals surface area contributed by atoms with E-state index in [0.29, 0.717) is 13.0 Å². The molecule has 0 aliphatic carbocycles. The molecule has 0 unspecified atom stereocenters. The zero-order chi connectivity index (χ0) is 12.1. The minimum Gasteiger partial charge on any atom is -0.378 e. The second-order valence-electron chi connectivity index (χ2n) is 3.97. The van der Waals surface area contributed by atoms with Crippen LogP contribution in [0.5, 0.6) is 0 Å². The third kappa shape index (κ3) is 3.49. The molecule has 94 valence electrons. The molecule has 1 aromatic rings. The Balaban J connectivity index is 1.88. The molecule has 2 heterocycles. The van der Waals surface area contributed by atoms with E-state index in [2.05, 4.69) is 10.3 Å². The molecule has 5 nitrogen and oxygen atoms in total. The predicted octanol–water partition coefficient (Wildman–Crippen LogP) is 0.264. The van der Waals surface area contributed by atoms with Crippen molar-refractivity contribution in [3.8, 4) is 0 Å². The van der Waals surface area contributed by atoms with Crippen molar-refractivity contribution < 1.29 is 9.53 Å². The SMILES string of the molecule is COCc1nc(CC(=O)N2CCNCC2)cs1. The van der Waals surface area contributed by atoms with Gasteiger partial charge in [-0.05, 0) is 0 Å². The van der Waals surface area contributed by atoms with E-state index < -0.39 is 0 Å². The number of amides is 1. The number of aromatic nitrogens is 1. The summed E-state index contributed by atoms with van der Waals surface area (Å²) in [6.07, 6.45) is 0.403. The van der Waals surface area contributed by atoms with Crippen LogP contribution in [0.3, 0.4) is 0 Å². The molecule has 1 N–H and O–H groups in total. The van der Waals surface area contributed by atoms with Gasteiger partial charge in [0.1, 0.15) is 5.01 Å². The minimum absolute atomic E-state index is 0.167. The first-order chi connectivity index (χ1) is 8.29. The Bertz CT molecular complexity index is 375. The van der Waals surface area contributed by atoms with Crippen LogP contribution in [0.15, 0.2) is 5.38 Å². The first-order valence-electron chi connectivity index (χ1n) is 5.70. The average molecular weight is 255 g/mol. The molecule has 1 amide bonds. The van der Waals surface area contributed by atoms with Gasteiger partial charge in [-0.3, -0.25) is 4.79 Å². The monoisotopic (exact) mass is 255 g/mol. The Morgan fingerprint density at radius 3 is 3.06 bits per heavy atom. The highest BCUT2D eigenvalue weighted by Crippen LogP contribution is 2.12. The maximum absolute atomic E-state index is 12.0. The molecule has 0 bridgehead atoms.